The van der Waals surface area contributed by atoms with E-state index in [0.29, 0.717) is 17.5 Å². The van der Waals surface area contributed by atoms with Crippen LogP contribution in [0.25, 0.3) is 16.6 Å². The van der Waals surface area contributed by atoms with Gasteiger partial charge in [-0.15, -0.1) is 0 Å². The Hall–Kier alpha value is -2.57. The maximum atomic E-state index is 13.6. The van der Waals surface area contributed by atoms with Crippen LogP contribution in [-0.2, 0) is 16.1 Å². The van der Waals surface area contributed by atoms with Crippen LogP contribution in [-0.4, -0.2) is 42.2 Å². The van der Waals surface area contributed by atoms with Crippen molar-refractivity contribution in [1.82, 2.24) is 9.47 Å². The smallest absolute Gasteiger partial charge is 0.308 e. The summed E-state index contributed by atoms with van der Waals surface area (Å²) in [6, 6.07) is 10.7. The van der Waals surface area contributed by atoms with Crippen LogP contribution in [0, 0.1) is 17.7 Å². The monoisotopic (exact) mass is 470 g/mol. The van der Waals surface area contributed by atoms with Gasteiger partial charge in [0.05, 0.1) is 23.6 Å². The predicted molar refractivity (Wildman–Crippen MR) is 126 cm³/mol. The van der Waals surface area contributed by atoms with E-state index < -0.39 is 0 Å². The first-order valence-electron chi connectivity index (χ1n) is 11.5. The third-order valence-electron chi connectivity index (χ3n) is 6.98. The van der Waals surface area contributed by atoms with Gasteiger partial charge in [-0.1, -0.05) is 11.6 Å². The third kappa shape index (κ3) is 4.59. The topological polar surface area (TPSA) is 43.7 Å². The second kappa shape index (κ2) is 9.35. The molecular formula is C26H28ClFN2O3. The molecule has 5 rings (SSSR count). The first-order chi connectivity index (χ1) is 16.0. The van der Waals surface area contributed by atoms with Crippen molar-refractivity contribution in [2.75, 3.05) is 26.8 Å². The first kappa shape index (κ1) is 22.2. The molecule has 1 saturated carbocycles. The zero-order valence-electron chi connectivity index (χ0n) is 18.7. The lowest BCUT2D eigenvalue weighted by Gasteiger charge is -2.31. The molecular weight excluding hydrogens is 443 g/mol. The molecule has 3 aromatic rings. The van der Waals surface area contributed by atoms with Crippen LogP contribution in [0.2, 0.25) is 5.02 Å². The second-order valence-corrected chi connectivity index (χ2v) is 9.54. The third-order valence-corrected chi connectivity index (χ3v) is 7.26. The molecule has 5 nitrogen and oxygen atoms in total. The predicted octanol–water partition coefficient (Wildman–Crippen LogP) is 5.60. The summed E-state index contributed by atoms with van der Waals surface area (Å²) in [5.74, 6) is 1.04. The lowest BCUT2D eigenvalue weighted by atomic mass is 9.82. The van der Waals surface area contributed by atoms with Gasteiger partial charge in [0, 0.05) is 42.5 Å². The Morgan fingerprint density at radius 1 is 1.18 bits per heavy atom. The number of benzene rings is 2. The number of carbonyl (C=O) groups excluding carboxylic acids is 1. The molecule has 1 aliphatic carbocycles. The van der Waals surface area contributed by atoms with Crippen molar-refractivity contribution in [3.63, 3.8) is 0 Å². The average Bonchev–Trinajstić information content (AvgIpc) is 3.12. The Kier molecular flexibility index (Phi) is 6.30. The van der Waals surface area contributed by atoms with Crippen LogP contribution in [0.1, 0.15) is 31.2 Å². The molecule has 174 valence electrons. The van der Waals surface area contributed by atoms with Crippen LogP contribution < -0.4 is 4.74 Å². The highest BCUT2D eigenvalue weighted by Gasteiger charge is 2.29. The number of fused-ring (bicyclic) bond motifs is 2. The van der Waals surface area contributed by atoms with Gasteiger partial charge in [0.15, 0.2) is 0 Å². The summed E-state index contributed by atoms with van der Waals surface area (Å²) in [6.45, 7) is 3.16. The van der Waals surface area contributed by atoms with Crippen molar-refractivity contribution in [2.45, 2.75) is 32.2 Å². The van der Waals surface area contributed by atoms with E-state index in [-0.39, 0.29) is 17.7 Å². The molecule has 0 saturated heterocycles. The Labute approximate surface area is 198 Å². The Morgan fingerprint density at radius 2 is 2.00 bits per heavy atom. The molecule has 2 aromatic carbocycles. The largest absolute Gasteiger partial charge is 0.490 e. The van der Waals surface area contributed by atoms with Crippen molar-refractivity contribution in [2.24, 2.45) is 11.8 Å². The van der Waals surface area contributed by atoms with E-state index in [9.17, 15) is 9.18 Å². The number of aromatic nitrogens is 1. The zero-order valence-corrected chi connectivity index (χ0v) is 19.5. The number of hydrogen-bond donors (Lipinski definition) is 0. The minimum atomic E-state index is -0.245. The summed E-state index contributed by atoms with van der Waals surface area (Å²) < 4.78 is 26.6. The molecule has 1 aromatic heterocycles. The van der Waals surface area contributed by atoms with Gasteiger partial charge < -0.3 is 14.0 Å². The molecule has 2 heterocycles. The summed E-state index contributed by atoms with van der Waals surface area (Å²) in [5, 5.41) is 1.44. The Bertz CT molecular complexity index is 1170. The van der Waals surface area contributed by atoms with E-state index in [1.165, 1.54) is 19.2 Å². The molecule has 0 N–H and O–H groups in total. The standard InChI is InChI=1S/C26H28ClFN2O3/c1-32-26(31)18-4-2-17(3-5-18)15-29-10-11-33-25-20(16-29)13-22(14-23(25)27)30-9-8-19-12-21(28)6-7-24(19)30/h6-9,12-14,17-18H,2-5,10-11,15-16H2,1H3. The van der Waals surface area contributed by atoms with Gasteiger partial charge in [-0.25, -0.2) is 4.39 Å². The normalized spacial score (nSPS) is 21.3. The summed E-state index contributed by atoms with van der Waals surface area (Å²) in [6.07, 6.45) is 5.82. The van der Waals surface area contributed by atoms with E-state index in [1.807, 2.05) is 22.9 Å². The van der Waals surface area contributed by atoms with Crippen LogP contribution >= 0.6 is 11.6 Å². The molecule has 7 heteroatoms. The molecule has 2 aliphatic rings. The minimum Gasteiger partial charge on any atom is -0.490 e. The lowest BCUT2D eigenvalue weighted by molar-refractivity contribution is -0.146. The quantitative estimate of drug-likeness (QED) is 0.466. The molecule has 1 fully saturated rings. The number of ether oxygens (including phenoxy) is 2. The fourth-order valence-corrected chi connectivity index (χ4v) is 5.54. The summed E-state index contributed by atoms with van der Waals surface area (Å²) in [4.78, 5) is 14.3. The molecule has 33 heavy (non-hydrogen) atoms. The van der Waals surface area contributed by atoms with Gasteiger partial charge in [0.2, 0.25) is 0 Å². The number of carbonyl (C=O) groups is 1. The molecule has 0 bridgehead atoms. The summed E-state index contributed by atoms with van der Waals surface area (Å²) >= 11 is 6.65. The molecule has 0 unspecified atom stereocenters. The number of rotatable bonds is 4. The molecule has 0 radical (unpaired) electrons. The molecule has 1 aliphatic heterocycles. The maximum Gasteiger partial charge on any atom is 0.308 e. The lowest BCUT2D eigenvalue weighted by Crippen LogP contribution is -2.34. The SMILES string of the molecule is COC(=O)C1CCC(CN2CCOc3c(Cl)cc(-n4ccc5cc(F)ccc54)cc3C2)CC1. The van der Waals surface area contributed by atoms with Crippen molar-refractivity contribution >= 4 is 28.5 Å². The average molecular weight is 471 g/mol. The maximum absolute atomic E-state index is 13.6. The minimum absolute atomic E-state index is 0.0469. The fourth-order valence-electron chi connectivity index (χ4n) is 5.26. The van der Waals surface area contributed by atoms with Crippen LogP contribution in [0.4, 0.5) is 4.39 Å². The molecule has 0 spiro atoms. The van der Waals surface area contributed by atoms with Crippen LogP contribution in [0.5, 0.6) is 5.75 Å². The zero-order chi connectivity index (χ0) is 22.9. The van der Waals surface area contributed by atoms with Gasteiger partial charge in [-0.2, -0.15) is 0 Å². The van der Waals surface area contributed by atoms with E-state index >= 15 is 0 Å². The summed E-state index contributed by atoms with van der Waals surface area (Å²) in [7, 11) is 1.47. The highest BCUT2D eigenvalue weighted by Crippen LogP contribution is 2.36. The second-order valence-electron chi connectivity index (χ2n) is 9.13. The van der Waals surface area contributed by atoms with Crippen LogP contribution in [0.15, 0.2) is 42.6 Å². The number of esters is 1. The van der Waals surface area contributed by atoms with Crippen molar-refractivity contribution in [1.29, 1.82) is 0 Å². The fraction of sp³-hybridized carbons (Fsp3) is 0.423. The molecule has 0 amide bonds. The van der Waals surface area contributed by atoms with Gasteiger partial charge in [-0.05, 0) is 68.0 Å². The van der Waals surface area contributed by atoms with Gasteiger partial charge in [0.1, 0.15) is 18.2 Å². The van der Waals surface area contributed by atoms with E-state index in [0.717, 1.165) is 73.2 Å². The van der Waals surface area contributed by atoms with E-state index in [2.05, 4.69) is 11.0 Å². The highest BCUT2D eigenvalue weighted by atomic mass is 35.5. The highest BCUT2D eigenvalue weighted by molar-refractivity contribution is 6.32. The Balaban J connectivity index is 1.35. The number of methoxy groups -OCH3 is 1. The van der Waals surface area contributed by atoms with Crippen molar-refractivity contribution in [3.05, 3.63) is 59.0 Å². The number of hydrogen-bond acceptors (Lipinski definition) is 4. The number of nitrogens with zero attached hydrogens (tertiary/aromatic N) is 2. The van der Waals surface area contributed by atoms with Gasteiger partial charge in [0.25, 0.3) is 0 Å². The van der Waals surface area contributed by atoms with Gasteiger partial charge >= 0.3 is 5.97 Å². The van der Waals surface area contributed by atoms with Crippen LogP contribution in [0.3, 0.4) is 0 Å². The first-order valence-corrected chi connectivity index (χ1v) is 11.9. The Morgan fingerprint density at radius 3 is 2.79 bits per heavy atom. The van der Waals surface area contributed by atoms with E-state index in [1.54, 1.807) is 6.07 Å². The van der Waals surface area contributed by atoms with Crippen molar-refractivity contribution < 1.29 is 18.7 Å². The van der Waals surface area contributed by atoms with Crippen molar-refractivity contribution in [3.8, 4) is 11.4 Å². The number of halogens is 2. The summed E-state index contributed by atoms with van der Waals surface area (Å²) in [5.41, 5.74) is 2.92. The molecule has 0 atom stereocenters. The van der Waals surface area contributed by atoms with E-state index in [4.69, 9.17) is 21.1 Å². The van der Waals surface area contributed by atoms with Gasteiger partial charge in [-0.3, -0.25) is 9.69 Å².